The molecule has 2 heterocycles. The maximum atomic E-state index is 12.4. The average molecular weight is 362 g/mol. The average Bonchev–Trinajstić information content (AvgIpc) is 3.21. The molecule has 0 amide bonds. The molecule has 0 aliphatic rings. The van der Waals surface area contributed by atoms with Crippen LogP contribution in [0.5, 0.6) is 0 Å². The van der Waals surface area contributed by atoms with E-state index in [4.69, 9.17) is 0 Å². The standard InChI is InChI=1S/C21H19N3OS/c1-14(20-23-17-11-6-5-10-16(17)21(25)24-20)22-19(18-12-7-13-26-18)15-8-3-2-4-9-15/h2-14,19,22H,1H3,(H,23,24,25)/p+1/t14-,19+/m0/s1. The zero-order valence-corrected chi connectivity index (χ0v) is 15.2. The van der Waals surface area contributed by atoms with Crippen LogP contribution in [0.3, 0.4) is 0 Å². The molecule has 0 aliphatic heterocycles. The van der Waals surface area contributed by atoms with Crippen molar-refractivity contribution in [2.45, 2.75) is 19.0 Å². The van der Waals surface area contributed by atoms with Gasteiger partial charge in [-0.15, -0.1) is 11.3 Å². The highest BCUT2D eigenvalue weighted by Gasteiger charge is 2.23. The predicted octanol–water partition coefficient (Wildman–Crippen LogP) is 3.40. The van der Waals surface area contributed by atoms with Crippen LogP contribution in [0.2, 0.25) is 0 Å². The second-order valence-electron chi connectivity index (χ2n) is 6.35. The number of fused-ring (bicyclic) bond motifs is 1. The molecule has 3 N–H and O–H groups in total. The van der Waals surface area contributed by atoms with Crippen LogP contribution >= 0.6 is 11.3 Å². The fraction of sp³-hybridized carbons (Fsp3) is 0.143. The van der Waals surface area contributed by atoms with Crippen LogP contribution in [0.25, 0.3) is 10.9 Å². The monoisotopic (exact) mass is 362 g/mol. The number of hydrogen-bond donors (Lipinski definition) is 2. The molecule has 4 nitrogen and oxygen atoms in total. The molecule has 0 aliphatic carbocycles. The highest BCUT2D eigenvalue weighted by Crippen LogP contribution is 2.23. The Morgan fingerprint density at radius 2 is 1.77 bits per heavy atom. The Labute approximate surface area is 155 Å². The second-order valence-corrected chi connectivity index (χ2v) is 7.33. The van der Waals surface area contributed by atoms with Gasteiger partial charge in [0.2, 0.25) is 0 Å². The van der Waals surface area contributed by atoms with Crippen LogP contribution in [-0.4, -0.2) is 9.97 Å². The molecule has 2 aromatic heterocycles. The number of aromatic amines is 1. The minimum absolute atomic E-state index is 0.0135. The van der Waals surface area contributed by atoms with Gasteiger partial charge in [0.05, 0.1) is 15.8 Å². The lowest BCUT2D eigenvalue weighted by molar-refractivity contribution is -0.723. The normalized spacial score (nSPS) is 13.6. The first-order chi connectivity index (χ1) is 12.7. The molecule has 0 unspecified atom stereocenters. The second kappa shape index (κ2) is 7.23. The van der Waals surface area contributed by atoms with Gasteiger partial charge < -0.3 is 10.3 Å². The minimum atomic E-state index is -0.0850. The summed E-state index contributed by atoms with van der Waals surface area (Å²) in [6, 6.07) is 22.3. The Bertz CT molecular complexity index is 1060. The van der Waals surface area contributed by atoms with E-state index in [9.17, 15) is 4.79 Å². The van der Waals surface area contributed by atoms with E-state index >= 15 is 0 Å². The van der Waals surface area contributed by atoms with Crippen LogP contribution in [0.4, 0.5) is 0 Å². The lowest BCUT2D eigenvalue weighted by atomic mass is 10.0. The molecule has 0 spiro atoms. The molecule has 4 rings (SSSR count). The van der Waals surface area contributed by atoms with Gasteiger partial charge in [0, 0.05) is 5.56 Å². The van der Waals surface area contributed by atoms with Crippen molar-refractivity contribution in [3.8, 4) is 0 Å². The van der Waals surface area contributed by atoms with Crippen LogP contribution in [0.1, 0.15) is 35.3 Å². The lowest BCUT2D eigenvalue weighted by Crippen LogP contribution is -2.86. The molecule has 130 valence electrons. The van der Waals surface area contributed by atoms with Gasteiger partial charge in [-0.3, -0.25) is 4.79 Å². The van der Waals surface area contributed by atoms with E-state index in [1.54, 1.807) is 17.4 Å². The van der Waals surface area contributed by atoms with Crippen molar-refractivity contribution in [3.63, 3.8) is 0 Å². The van der Waals surface area contributed by atoms with E-state index in [1.165, 1.54) is 10.4 Å². The van der Waals surface area contributed by atoms with E-state index in [1.807, 2.05) is 24.3 Å². The minimum Gasteiger partial charge on any atom is -0.327 e. The number of hydrogen-bond acceptors (Lipinski definition) is 3. The summed E-state index contributed by atoms with van der Waals surface area (Å²) < 4.78 is 0. The molecule has 26 heavy (non-hydrogen) atoms. The van der Waals surface area contributed by atoms with Crippen molar-refractivity contribution in [2.75, 3.05) is 0 Å². The summed E-state index contributed by atoms with van der Waals surface area (Å²) in [4.78, 5) is 21.3. The van der Waals surface area contributed by atoms with Crippen molar-refractivity contribution in [2.24, 2.45) is 0 Å². The van der Waals surface area contributed by atoms with Gasteiger partial charge in [-0.05, 0) is 30.5 Å². The van der Waals surface area contributed by atoms with Gasteiger partial charge in [0.1, 0.15) is 12.1 Å². The summed E-state index contributed by atoms with van der Waals surface area (Å²) in [6.45, 7) is 2.08. The Balaban J connectivity index is 1.69. The fourth-order valence-electron chi connectivity index (χ4n) is 3.20. The first-order valence-electron chi connectivity index (χ1n) is 8.64. The molecule has 0 bridgehead atoms. The van der Waals surface area contributed by atoms with E-state index in [2.05, 4.69) is 64.0 Å². The number of para-hydroxylation sites is 1. The first-order valence-corrected chi connectivity index (χ1v) is 9.52. The number of aromatic nitrogens is 2. The van der Waals surface area contributed by atoms with E-state index < -0.39 is 0 Å². The van der Waals surface area contributed by atoms with Crippen LogP contribution in [0.15, 0.2) is 76.9 Å². The fourth-order valence-corrected chi connectivity index (χ4v) is 4.03. The molecule has 2 atom stereocenters. The van der Waals surface area contributed by atoms with Gasteiger partial charge in [-0.2, -0.15) is 0 Å². The van der Waals surface area contributed by atoms with Crippen molar-refractivity contribution in [1.82, 2.24) is 9.97 Å². The first kappa shape index (κ1) is 16.7. The molecule has 0 radical (unpaired) electrons. The molecule has 0 saturated heterocycles. The Hall–Kier alpha value is -2.76. The number of thiophene rings is 1. The Kier molecular flexibility index (Phi) is 4.65. The van der Waals surface area contributed by atoms with Gasteiger partial charge >= 0.3 is 0 Å². The van der Waals surface area contributed by atoms with E-state index in [-0.39, 0.29) is 17.6 Å². The molecule has 0 saturated carbocycles. The van der Waals surface area contributed by atoms with Crippen molar-refractivity contribution in [3.05, 3.63) is 98.7 Å². The Morgan fingerprint density at radius 1 is 1.00 bits per heavy atom. The van der Waals surface area contributed by atoms with E-state index in [0.717, 1.165) is 5.52 Å². The van der Waals surface area contributed by atoms with Crippen LogP contribution in [0, 0.1) is 0 Å². The lowest BCUT2D eigenvalue weighted by Gasteiger charge is -2.19. The number of nitrogens with zero attached hydrogens (tertiary/aromatic N) is 1. The summed E-state index contributed by atoms with van der Waals surface area (Å²) in [7, 11) is 0. The molecular weight excluding hydrogens is 342 g/mol. The molecular formula is C21H20N3OS+. The number of nitrogens with two attached hydrogens (primary N) is 1. The number of H-pyrrole nitrogens is 1. The third-order valence-corrected chi connectivity index (χ3v) is 5.51. The van der Waals surface area contributed by atoms with Gasteiger partial charge in [-0.25, -0.2) is 4.98 Å². The molecule has 5 heteroatoms. The Morgan fingerprint density at radius 3 is 2.54 bits per heavy atom. The maximum Gasteiger partial charge on any atom is 0.258 e. The van der Waals surface area contributed by atoms with Gasteiger partial charge in [0.25, 0.3) is 5.56 Å². The summed E-state index contributed by atoms with van der Waals surface area (Å²) in [5.74, 6) is 0.700. The number of rotatable bonds is 5. The van der Waals surface area contributed by atoms with Crippen LogP contribution in [-0.2, 0) is 0 Å². The number of benzene rings is 2. The van der Waals surface area contributed by atoms with Crippen LogP contribution < -0.4 is 10.9 Å². The predicted molar refractivity (Wildman–Crippen MR) is 105 cm³/mol. The van der Waals surface area contributed by atoms with E-state index in [0.29, 0.717) is 11.2 Å². The number of quaternary nitrogens is 1. The number of nitrogens with one attached hydrogen (secondary N) is 1. The highest BCUT2D eigenvalue weighted by atomic mass is 32.1. The third-order valence-electron chi connectivity index (χ3n) is 4.55. The largest absolute Gasteiger partial charge is 0.327 e. The molecule has 0 fully saturated rings. The van der Waals surface area contributed by atoms with Gasteiger partial charge in [0.15, 0.2) is 5.82 Å². The summed E-state index contributed by atoms with van der Waals surface area (Å²) in [6.07, 6.45) is 0. The maximum absolute atomic E-state index is 12.4. The molecule has 4 aromatic rings. The third kappa shape index (κ3) is 3.31. The topological polar surface area (TPSA) is 62.4 Å². The smallest absolute Gasteiger partial charge is 0.258 e. The zero-order valence-electron chi connectivity index (χ0n) is 14.4. The quantitative estimate of drug-likeness (QED) is 0.572. The SMILES string of the molecule is C[C@H]([NH2+][C@H](c1ccccc1)c1cccs1)c1nc2ccccc2c(=O)[nH]1. The molecule has 2 aromatic carbocycles. The zero-order chi connectivity index (χ0) is 17.9. The summed E-state index contributed by atoms with van der Waals surface area (Å²) >= 11 is 1.75. The summed E-state index contributed by atoms with van der Waals surface area (Å²) in [5.41, 5.74) is 1.89. The van der Waals surface area contributed by atoms with Crippen molar-refractivity contribution in [1.29, 1.82) is 0 Å². The highest BCUT2D eigenvalue weighted by molar-refractivity contribution is 7.10. The summed E-state index contributed by atoms with van der Waals surface area (Å²) in [5, 5.41) is 4.98. The van der Waals surface area contributed by atoms with Crippen molar-refractivity contribution >= 4 is 22.2 Å². The van der Waals surface area contributed by atoms with Crippen molar-refractivity contribution < 1.29 is 5.32 Å². The van der Waals surface area contributed by atoms with Gasteiger partial charge in [-0.1, -0.05) is 48.5 Å².